The van der Waals surface area contributed by atoms with Crippen molar-refractivity contribution in [3.05, 3.63) is 59.7 Å². The van der Waals surface area contributed by atoms with Crippen LogP contribution in [0.15, 0.2) is 48.5 Å². The van der Waals surface area contributed by atoms with Crippen LogP contribution in [0, 0.1) is 5.92 Å². The number of rotatable bonds is 11. The number of nitrogens with one attached hydrogen (secondary N) is 3. The van der Waals surface area contributed by atoms with Crippen molar-refractivity contribution in [3.63, 3.8) is 0 Å². The van der Waals surface area contributed by atoms with Gasteiger partial charge in [-0.25, -0.2) is 4.79 Å². The first-order valence-corrected chi connectivity index (χ1v) is 12.2. The van der Waals surface area contributed by atoms with E-state index in [1.54, 1.807) is 0 Å². The van der Waals surface area contributed by atoms with Crippen molar-refractivity contribution >= 4 is 23.8 Å². The summed E-state index contributed by atoms with van der Waals surface area (Å²) in [6.45, 7) is 4.53. The Balaban J connectivity index is 1.54. The molecule has 37 heavy (non-hydrogen) atoms. The van der Waals surface area contributed by atoms with Crippen LogP contribution in [-0.2, 0) is 19.1 Å². The standard InChI is InChI=1S/C27H34N4O6/c1-15(2)12-22(24(28)33)30-26(35)23(13-32)31-25(34)16(3)29-27(36)37-14-21-19-10-6-4-8-17(19)18-9-5-7-11-20(18)21/h4-11,15-16,21-23,32H,12-14H2,1-3H3,(H2,28,33)(H,29,36)(H,30,35)(H,31,34)/t16-,22-,23-/m0/s1. The molecule has 10 heteroatoms. The lowest BCUT2D eigenvalue weighted by molar-refractivity contribution is -0.132. The lowest BCUT2D eigenvalue weighted by atomic mass is 9.98. The summed E-state index contributed by atoms with van der Waals surface area (Å²) in [5, 5.41) is 16.9. The number of alkyl carbamates (subject to hydrolysis) is 1. The third-order valence-corrected chi connectivity index (χ3v) is 6.25. The van der Waals surface area contributed by atoms with E-state index < -0.39 is 48.5 Å². The Labute approximate surface area is 216 Å². The summed E-state index contributed by atoms with van der Waals surface area (Å²) in [7, 11) is 0. The van der Waals surface area contributed by atoms with Crippen LogP contribution < -0.4 is 21.7 Å². The number of hydrogen-bond donors (Lipinski definition) is 5. The summed E-state index contributed by atoms with van der Waals surface area (Å²) in [6, 6.07) is 12.5. The van der Waals surface area contributed by atoms with Crippen LogP contribution in [0.5, 0.6) is 0 Å². The van der Waals surface area contributed by atoms with E-state index in [1.807, 2.05) is 62.4 Å². The molecule has 0 heterocycles. The Morgan fingerprint density at radius 2 is 1.41 bits per heavy atom. The minimum atomic E-state index is -1.33. The van der Waals surface area contributed by atoms with Crippen molar-refractivity contribution in [2.24, 2.45) is 11.7 Å². The van der Waals surface area contributed by atoms with Gasteiger partial charge >= 0.3 is 6.09 Å². The molecular formula is C27H34N4O6. The first-order valence-electron chi connectivity index (χ1n) is 12.2. The number of hydrogen-bond acceptors (Lipinski definition) is 6. The second-order valence-corrected chi connectivity index (χ2v) is 9.53. The first kappa shape index (κ1) is 27.7. The normalized spacial score (nSPS) is 14.6. The summed E-state index contributed by atoms with van der Waals surface area (Å²) in [5.41, 5.74) is 9.66. The van der Waals surface area contributed by atoms with Gasteiger partial charge in [0.1, 0.15) is 24.7 Å². The predicted molar refractivity (Wildman–Crippen MR) is 137 cm³/mol. The molecule has 0 aromatic heterocycles. The first-order chi connectivity index (χ1) is 17.6. The second-order valence-electron chi connectivity index (χ2n) is 9.53. The third kappa shape index (κ3) is 6.85. The Morgan fingerprint density at radius 1 is 0.865 bits per heavy atom. The van der Waals surface area contributed by atoms with Crippen LogP contribution in [0.1, 0.15) is 44.2 Å². The Hall–Kier alpha value is -3.92. The van der Waals surface area contributed by atoms with Crippen LogP contribution in [-0.4, -0.2) is 60.3 Å². The Kier molecular flexibility index (Phi) is 9.24. The second kappa shape index (κ2) is 12.4. The zero-order valence-electron chi connectivity index (χ0n) is 21.2. The van der Waals surface area contributed by atoms with Gasteiger partial charge in [-0.3, -0.25) is 14.4 Å². The summed E-state index contributed by atoms with van der Waals surface area (Å²) in [5.74, 6) is -2.22. The van der Waals surface area contributed by atoms with Gasteiger partial charge in [-0.15, -0.1) is 0 Å². The zero-order valence-corrected chi connectivity index (χ0v) is 21.2. The average Bonchev–Trinajstić information content (AvgIpc) is 3.18. The van der Waals surface area contributed by atoms with Crippen LogP contribution in [0.4, 0.5) is 4.79 Å². The number of carbonyl (C=O) groups is 4. The summed E-state index contributed by atoms with van der Waals surface area (Å²) in [4.78, 5) is 49.1. The van der Waals surface area contributed by atoms with Gasteiger partial charge in [0.25, 0.3) is 0 Å². The number of primary amides is 1. The minimum Gasteiger partial charge on any atom is -0.449 e. The molecule has 10 nitrogen and oxygen atoms in total. The maximum Gasteiger partial charge on any atom is 0.407 e. The smallest absolute Gasteiger partial charge is 0.407 e. The van der Waals surface area contributed by atoms with E-state index in [0.717, 1.165) is 22.3 Å². The van der Waals surface area contributed by atoms with Crippen LogP contribution in [0.3, 0.4) is 0 Å². The quantitative estimate of drug-likeness (QED) is 0.307. The maximum absolute atomic E-state index is 12.6. The molecule has 0 aliphatic heterocycles. The topological polar surface area (TPSA) is 160 Å². The monoisotopic (exact) mass is 510 g/mol. The molecule has 0 unspecified atom stereocenters. The molecule has 0 saturated carbocycles. The van der Waals surface area contributed by atoms with E-state index in [9.17, 15) is 24.3 Å². The molecule has 4 amide bonds. The van der Waals surface area contributed by atoms with E-state index in [-0.39, 0.29) is 18.4 Å². The highest BCUT2D eigenvalue weighted by Gasteiger charge is 2.30. The minimum absolute atomic E-state index is 0.0836. The van der Waals surface area contributed by atoms with E-state index in [4.69, 9.17) is 10.5 Å². The molecule has 0 bridgehead atoms. The largest absolute Gasteiger partial charge is 0.449 e. The number of fused-ring (bicyclic) bond motifs is 3. The molecule has 1 aliphatic rings. The molecular weight excluding hydrogens is 476 g/mol. The molecule has 0 radical (unpaired) electrons. The highest BCUT2D eigenvalue weighted by atomic mass is 16.5. The highest BCUT2D eigenvalue weighted by molar-refractivity contribution is 5.93. The zero-order chi connectivity index (χ0) is 27.1. The fourth-order valence-corrected chi connectivity index (χ4v) is 4.36. The van der Waals surface area contributed by atoms with Crippen LogP contribution >= 0.6 is 0 Å². The molecule has 0 spiro atoms. The Bertz CT molecular complexity index is 1110. The van der Waals surface area contributed by atoms with Gasteiger partial charge in [-0.05, 0) is 41.5 Å². The van der Waals surface area contributed by atoms with Crippen molar-refractivity contribution in [2.45, 2.75) is 51.2 Å². The maximum atomic E-state index is 12.6. The molecule has 1 aliphatic carbocycles. The van der Waals surface area contributed by atoms with Crippen LogP contribution in [0.25, 0.3) is 11.1 Å². The lowest BCUT2D eigenvalue weighted by Crippen LogP contribution is -2.57. The number of amides is 4. The molecule has 198 valence electrons. The number of ether oxygens (including phenoxy) is 1. The lowest BCUT2D eigenvalue weighted by Gasteiger charge is -2.23. The summed E-state index contributed by atoms with van der Waals surface area (Å²) in [6.07, 6.45) is -0.479. The Morgan fingerprint density at radius 3 is 1.92 bits per heavy atom. The van der Waals surface area contributed by atoms with E-state index >= 15 is 0 Å². The third-order valence-electron chi connectivity index (χ3n) is 6.25. The van der Waals surface area contributed by atoms with Crippen molar-refractivity contribution in [1.29, 1.82) is 0 Å². The van der Waals surface area contributed by atoms with Crippen LogP contribution in [0.2, 0.25) is 0 Å². The van der Waals surface area contributed by atoms with E-state index in [1.165, 1.54) is 6.92 Å². The molecule has 3 rings (SSSR count). The van der Waals surface area contributed by atoms with Gasteiger partial charge in [-0.1, -0.05) is 62.4 Å². The number of benzene rings is 2. The van der Waals surface area contributed by atoms with Gasteiger partial charge in [0.2, 0.25) is 17.7 Å². The molecule has 6 N–H and O–H groups in total. The summed E-state index contributed by atoms with van der Waals surface area (Å²) < 4.78 is 5.45. The SMILES string of the molecule is CC(C)C[C@H](NC(=O)[C@H](CO)NC(=O)[C@H](C)NC(=O)OCC1c2ccccc2-c2ccccc21)C(N)=O. The fourth-order valence-electron chi connectivity index (χ4n) is 4.36. The average molecular weight is 511 g/mol. The molecule has 0 saturated heterocycles. The van der Waals surface area contributed by atoms with Gasteiger partial charge in [0, 0.05) is 5.92 Å². The number of aliphatic hydroxyl groups is 1. The van der Waals surface area contributed by atoms with Gasteiger partial charge in [-0.2, -0.15) is 0 Å². The van der Waals surface area contributed by atoms with Crippen molar-refractivity contribution in [3.8, 4) is 11.1 Å². The van der Waals surface area contributed by atoms with Crippen molar-refractivity contribution in [1.82, 2.24) is 16.0 Å². The number of nitrogens with two attached hydrogens (primary N) is 1. The fraction of sp³-hybridized carbons (Fsp3) is 0.407. The molecule has 2 aromatic carbocycles. The van der Waals surface area contributed by atoms with Crippen molar-refractivity contribution in [2.75, 3.05) is 13.2 Å². The molecule has 2 aromatic rings. The number of aliphatic hydroxyl groups excluding tert-OH is 1. The molecule has 0 fully saturated rings. The molecule has 3 atom stereocenters. The highest BCUT2D eigenvalue weighted by Crippen LogP contribution is 2.44. The van der Waals surface area contributed by atoms with Crippen molar-refractivity contribution < 1.29 is 29.0 Å². The van der Waals surface area contributed by atoms with Gasteiger partial charge < -0.3 is 31.5 Å². The van der Waals surface area contributed by atoms with Gasteiger partial charge in [0.05, 0.1) is 6.61 Å². The number of carbonyl (C=O) groups excluding carboxylic acids is 4. The summed E-state index contributed by atoms with van der Waals surface area (Å²) >= 11 is 0. The van der Waals surface area contributed by atoms with E-state index in [0.29, 0.717) is 6.42 Å². The predicted octanol–water partition coefficient (Wildman–Crippen LogP) is 1.41. The van der Waals surface area contributed by atoms with Gasteiger partial charge in [0.15, 0.2) is 0 Å². The van der Waals surface area contributed by atoms with E-state index in [2.05, 4.69) is 16.0 Å².